The number of anilines is 2. The number of hydrogen-bond acceptors (Lipinski definition) is 5. The highest BCUT2D eigenvalue weighted by Gasteiger charge is 2.18. The number of pyridine rings is 1. The lowest BCUT2D eigenvalue weighted by atomic mass is 10.1. The Kier molecular flexibility index (Phi) is 3.71. The van der Waals surface area contributed by atoms with Gasteiger partial charge in [0.15, 0.2) is 0 Å². The summed E-state index contributed by atoms with van der Waals surface area (Å²) in [5, 5.41) is 4.48. The third kappa shape index (κ3) is 2.69. The van der Waals surface area contributed by atoms with E-state index in [4.69, 9.17) is 10.5 Å². The molecule has 1 unspecified atom stereocenters. The van der Waals surface area contributed by atoms with E-state index >= 15 is 0 Å². The van der Waals surface area contributed by atoms with Gasteiger partial charge < -0.3 is 20.7 Å². The van der Waals surface area contributed by atoms with E-state index in [0.29, 0.717) is 5.69 Å². The summed E-state index contributed by atoms with van der Waals surface area (Å²) in [5.41, 5.74) is 8.63. The quantitative estimate of drug-likeness (QED) is 0.888. The topological polar surface area (TPSA) is 63.4 Å². The van der Waals surface area contributed by atoms with Crippen LogP contribution in [0.15, 0.2) is 30.5 Å². The minimum atomic E-state index is 0.195. The highest BCUT2D eigenvalue weighted by molar-refractivity contribution is 5.96. The summed E-state index contributed by atoms with van der Waals surface area (Å²) >= 11 is 0. The van der Waals surface area contributed by atoms with Crippen molar-refractivity contribution < 1.29 is 4.74 Å². The summed E-state index contributed by atoms with van der Waals surface area (Å²) in [5.74, 6) is 0. The van der Waals surface area contributed by atoms with E-state index in [0.717, 1.165) is 42.8 Å². The van der Waals surface area contributed by atoms with Crippen molar-refractivity contribution in [1.29, 1.82) is 0 Å². The Balaban J connectivity index is 1.78. The number of nitrogens with two attached hydrogens (primary N) is 1. The zero-order valence-electron chi connectivity index (χ0n) is 11.7. The minimum Gasteiger partial charge on any atom is -0.396 e. The van der Waals surface area contributed by atoms with Crippen molar-refractivity contribution in [3.8, 4) is 0 Å². The summed E-state index contributed by atoms with van der Waals surface area (Å²) in [4.78, 5) is 6.63. The Morgan fingerprint density at radius 1 is 1.45 bits per heavy atom. The number of para-hydroxylation sites is 1. The predicted molar refractivity (Wildman–Crippen MR) is 81.9 cm³/mol. The number of nitrogen functional groups attached to an aromatic ring is 1. The lowest BCUT2D eigenvalue weighted by Gasteiger charge is -2.30. The SMILES string of the molecule is CN1CCOC(CNc2c(N)cnc3ccccc23)C1. The molecule has 5 heteroatoms. The van der Waals surface area contributed by atoms with E-state index in [2.05, 4.69) is 22.2 Å². The van der Waals surface area contributed by atoms with Crippen molar-refractivity contribution in [2.75, 3.05) is 44.3 Å². The molecular weight excluding hydrogens is 252 g/mol. The molecule has 0 bridgehead atoms. The van der Waals surface area contributed by atoms with Gasteiger partial charge in [0.2, 0.25) is 0 Å². The van der Waals surface area contributed by atoms with Crippen LogP contribution in [0.4, 0.5) is 11.4 Å². The molecule has 5 nitrogen and oxygen atoms in total. The molecule has 1 fully saturated rings. The molecule has 1 atom stereocenters. The normalized spacial score (nSPS) is 20.1. The van der Waals surface area contributed by atoms with Gasteiger partial charge in [0, 0.05) is 25.0 Å². The number of rotatable bonds is 3. The van der Waals surface area contributed by atoms with E-state index in [1.165, 1.54) is 0 Å². The highest BCUT2D eigenvalue weighted by Crippen LogP contribution is 2.27. The Hall–Kier alpha value is -1.85. The fraction of sp³-hybridized carbons (Fsp3) is 0.400. The number of aromatic nitrogens is 1. The van der Waals surface area contributed by atoms with Gasteiger partial charge in [-0.2, -0.15) is 0 Å². The summed E-state index contributed by atoms with van der Waals surface area (Å²) in [6, 6.07) is 8.01. The van der Waals surface area contributed by atoms with Crippen molar-refractivity contribution in [2.45, 2.75) is 6.10 Å². The van der Waals surface area contributed by atoms with Crippen LogP contribution in [-0.2, 0) is 4.74 Å². The molecule has 0 radical (unpaired) electrons. The number of benzene rings is 1. The highest BCUT2D eigenvalue weighted by atomic mass is 16.5. The molecule has 0 saturated carbocycles. The van der Waals surface area contributed by atoms with Crippen molar-refractivity contribution in [3.05, 3.63) is 30.5 Å². The molecular formula is C15H20N4O. The molecule has 1 aliphatic heterocycles. The minimum absolute atomic E-state index is 0.195. The molecule has 3 rings (SSSR count). The molecule has 1 saturated heterocycles. The number of hydrogen-bond donors (Lipinski definition) is 2. The molecule has 3 N–H and O–H groups in total. The van der Waals surface area contributed by atoms with Crippen LogP contribution in [0.5, 0.6) is 0 Å². The first-order chi connectivity index (χ1) is 9.74. The van der Waals surface area contributed by atoms with E-state index in [1.807, 2.05) is 24.3 Å². The second kappa shape index (κ2) is 5.64. The molecule has 2 aromatic rings. The van der Waals surface area contributed by atoms with Crippen molar-refractivity contribution in [3.63, 3.8) is 0 Å². The maximum atomic E-state index is 6.05. The lowest BCUT2D eigenvalue weighted by Crippen LogP contribution is -2.43. The second-order valence-corrected chi connectivity index (χ2v) is 5.24. The molecule has 0 amide bonds. The van der Waals surface area contributed by atoms with Gasteiger partial charge in [-0.25, -0.2) is 0 Å². The van der Waals surface area contributed by atoms with Gasteiger partial charge >= 0.3 is 0 Å². The van der Waals surface area contributed by atoms with Crippen LogP contribution in [0.2, 0.25) is 0 Å². The maximum Gasteiger partial charge on any atom is 0.0874 e. The summed E-state index contributed by atoms with van der Waals surface area (Å²) in [6.45, 7) is 3.48. The number of nitrogens with one attached hydrogen (secondary N) is 1. The van der Waals surface area contributed by atoms with Crippen LogP contribution >= 0.6 is 0 Å². The van der Waals surface area contributed by atoms with Gasteiger partial charge in [-0.1, -0.05) is 18.2 Å². The Labute approximate surface area is 118 Å². The van der Waals surface area contributed by atoms with Gasteiger partial charge in [0.25, 0.3) is 0 Å². The number of morpholine rings is 1. The second-order valence-electron chi connectivity index (χ2n) is 5.24. The fourth-order valence-electron chi connectivity index (χ4n) is 2.56. The lowest BCUT2D eigenvalue weighted by molar-refractivity contribution is -0.0117. The monoisotopic (exact) mass is 272 g/mol. The van der Waals surface area contributed by atoms with Crippen molar-refractivity contribution in [2.24, 2.45) is 0 Å². The van der Waals surface area contributed by atoms with E-state index in [9.17, 15) is 0 Å². The molecule has 1 aromatic heterocycles. The van der Waals surface area contributed by atoms with Gasteiger partial charge in [-0.05, 0) is 13.1 Å². The Bertz CT molecular complexity index is 601. The fourth-order valence-corrected chi connectivity index (χ4v) is 2.56. The van der Waals surface area contributed by atoms with Crippen LogP contribution in [-0.4, -0.2) is 49.3 Å². The third-order valence-corrected chi connectivity index (χ3v) is 3.65. The average Bonchev–Trinajstić information content (AvgIpc) is 2.46. The van der Waals surface area contributed by atoms with E-state index in [1.54, 1.807) is 6.20 Å². The van der Waals surface area contributed by atoms with E-state index < -0.39 is 0 Å². The average molecular weight is 272 g/mol. The standard InChI is InChI=1S/C15H20N4O/c1-19-6-7-20-11(10-19)8-18-15-12-4-2-3-5-14(12)17-9-13(15)16/h2-5,9,11H,6-8,10,16H2,1H3,(H,17,18). The molecule has 2 heterocycles. The molecule has 1 aromatic carbocycles. The first kappa shape index (κ1) is 13.1. The third-order valence-electron chi connectivity index (χ3n) is 3.65. The van der Waals surface area contributed by atoms with Crippen LogP contribution in [0.1, 0.15) is 0 Å². The molecule has 1 aliphatic rings. The van der Waals surface area contributed by atoms with Crippen LogP contribution in [0, 0.1) is 0 Å². The van der Waals surface area contributed by atoms with Gasteiger partial charge in [0.05, 0.1) is 35.8 Å². The van der Waals surface area contributed by atoms with Gasteiger partial charge in [-0.15, -0.1) is 0 Å². The predicted octanol–water partition coefficient (Wildman–Crippen LogP) is 1.56. The van der Waals surface area contributed by atoms with Crippen LogP contribution < -0.4 is 11.1 Å². The van der Waals surface area contributed by atoms with Crippen molar-refractivity contribution in [1.82, 2.24) is 9.88 Å². The molecule has 0 spiro atoms. The summed E-state index contributed by atoms with van der Waals surface area (Å²) in [7, 11) is 2.12. The van der Waals surface area contributed by atoms with Crippen molar-refractivity contribution >= 4 is 22.3 Å². The number of likely N-dealkylation sites (N-methyl/N-ethyl adjacent to an activating group) is 1. The number of nitrogens with zero attached hydrogens (tertiary/aromatic N) is 2. The summed E-state index contributed by atoms with van der Waals surface area (Å²) in [6.07, 6.45) is 1.90. The number of ether oxygens (including phenoxy) is 1. The van der Waals surface area contributed by atoms with Crippen LogP contribution in [0.25, 0.3) is 10.9 Å². The number of fused-ring (bicyclic) bond motifs is 1. The van der Waals surface area contributed by atoms with Gasteiger partial charge in [-0.3, -0.25) is 4.98 Å². The Morgan fingerprint density at radius 3 is 3.15 bits per heavy atom. The maximum absolute atomic E-state index is 6.05. The van der Waals surface area contributed by atoms with Crippen LogP contribution in [0.3, 0.4) is 0 Å². The molecule has 0 aliphatic carbocycles. The zero-order valence-corrected chi connectivity index (χ0v) is 11.7. The van der Waals surface area contributed by atoms with Gasteiger partial charge in [0.1, 0.15) is 0 Å². The zero-order chi connectivity index (χ0) is 13.9. The summed E-state index contributed by atoms with van der Waals surface area (Å²) < 4.78 is 5.76. The Morgan fingerprint density at radius 2 is 2.30 bits per heavy atom. The molecule has 106 valence electrons. The first-order valence-corrected chi connectivity index (χ1v) is 6.91. The largest absolute Gasteiger partial charge is 0.396 e. The first-order valence-electron chi connectivity index (χ1n) is 6.91. The van der Waals surface area contributed by atoms with E-state index in [-0.39, 0.29) is 6.10 Å². The smallest absolute Gasteiger partial charge is 0.0874 e. The molecule has 20 heavy (non-hydrogen) atoms.